The van der Waals surface area contributed by atoms with Gasteiger partial charge in [0.1, 0.15) is 11.6 Å². The molecule has 33 heavy (non-hydrogen) atoms. The average molecular weight is 453 g/mol. The van der Waals surface area contributed by atoms with Gasteiger partial charge in [0.25, 0.3) is 0 Å². The summed E-state index contributed by atoms with van der Waals surface area (Å²) in [6.45, 7) is 2.90. The molecular formula is C27H30F2N2O2. The van der Waals surface area contributed by atoms with Crippen molar-refractivity contribution in [3.8, 4) is 11.1 Å². The molecule has 0 aliphatic carbocycles. The number of aliphatic hydroxyl groups is 1. The van der Waals surface area contributed by atoms with E-state index in [0.717, 1.165) is 29.5 Å². The van der Waals surface area contributed by atoms with Crippen LogP contribution in [0.4, 0.5) is 13.6 Å². The largest absolute Gasteiger partial charge is 0.396 e. The number of nitrogens with one attached hydrogen (secondary N) is 1. The van der Waals surface area contributed by atoms with Crippen molar-refractivity contribution in [2.24, 2.45) is 0 Å². The van der Waals surface area contributed by atoms with Gasteiger partial charge in [0.15, 0.2) is 0 Å². The number of benzene rings is 3. The summed E-state index contributed by atoms with van der Waals surface area (Å²) in [4.78, 5) is 14.3. The van der Waals surface area contributed by atoms with Gasteiger partial charge in [0.05, 0.1) is 6.04 Å². The van der Waals surface area contributed by atoms with E-state index >= 15 is 0 Å². The summed E-state index contributed by atoms with van der Waals surface area (Å²) in [5.74, 6) is -0.421. The number of hydrogen-bond acceptors (Lipinski definition) is 2. The van der Waals surface area contributed by atoms with Crippen molar-refractivity contribution in [2.75, 3.05) is 13.2 Å². The highest BCUT2D eigenvalue weighted by Gasteiger charge is 2.28. The molecule has 2 atom stereocenters. The number of carbonyl (C=O) groups excluding carboxylic acids is 1. The van der Waals surface area contributed by atoms with E-state index in [9.17, 15) is 13.6 Å². The van der Waals surface area contributed by atoms with Crippen molar-refractivity contribution in [3.63, 3.8) is 0 Å². The van der Waals surface area contributed by atoms with E-state index in [1.54, 1.807) is 30.3 Å². The Bertz CT molecular complexity index is 995. The van der Waals surface area contributed by atoms with Crippen LogP contribution in [-0.4, -0.2) is 35.2 Å². The predicted octanol–water partition coefficient (Wildman–Crippen LogP) is 5.94. The van der Waals surface area contributed by atoms with E-state index < -0.39 is 0 Å². The molecule has 3 aromatic carbocycles. The molecule has 0 spiro atoms. The van der Waals surface area contributed by atoms with Gasteiger partial charge in [-0.2, -0.15) is 0 Å². The molecule has 3 aromatic rings. The molecule has 1 fully saturated rings. The fourth-order valence-corrected chi connectivity index (χ4v) is 3.84. The van der Waals surface area contributed by atoms with Crippen LogP contribution in [0.5, 0.6) is 0 Å². The molecule has 0 bridgehead atoms. The van der Waals surface area contributed by atoms with Crippen LogP contribution in [-0.2, 0) is 0 Å². The van der Waals surface area contributed by atoms with Gasteiger partial charge in [-0.3, -0.25) is 0 Å². The van der Waals surface area contributed by atoms with Crippen molar-refractivity contribution in [1.82, 2.24) is 10.2 Å². The maximum Gasteiger partial charge on any atom is 0.318 e. The molecule has 2 N–H and O–H groups in total. The highest BCUT2D eigenvalue weighted by Crippen LogP contribution is 2.27. The lowest BCUT2D eigenvalue weighted by molar-refractivity contribution is 0.150. The Morgan fingerprint density at radius 3 is 2.03 bits per heavy atom. The lowest BCUT2D eigenvalue weighted by Gasteiger charge is -2.37. The zero-order valence-electron chi connectivity index (χ0n) is 18.8. The van der Waals surface area contributed by atoms with E-state index in [1.165, 1.54) is 24.3 Å². The lowest BCUT2D eigenvalue weighted by Crippen LogP contribution is -2.52. The van der Waals surface area contributed by atoms with Crippen LogP contribution < -0.4 is 5.32 Å². The normalized spacial score (nSPS) is 16.4. The number of urea groups is 1. The maximum atomic E-state index is 13.1. The van der Waals surface area contributed by atoms with Crippen LogP contribution in [0.15, 0.2) is 78.9 Å². The topological polar surface area (TPSA) is 52.6 Å². The van der Waals surface area contributed by atoms with Crippen LogP contribution in [0, 0.1) is 11.6 Å². The quantitative estimate of drug-likeness (QED) is 0.487. The first-order valence-corrected chi connectivity index (χ1v) is 11.2. The minimum Gasteiger partial charge on any atom is -0.396 e. The zero-order valence-corrected chi connectivity index (χ0v) is 18.8. The summed E-state index contributed by atoms with van der Waals surface area (Å²) < 4.78 is 25.0. The number of rotatable bonds is 6. The minimum absolute atomic E-state index is 0.0175. The highest BCUT2D eigenvalue weighted by molar-refractivity contribution is 5.76. The Kier molecular flexibility index (Phi) is 8.95. The van der Waals surface area contributed by atoms with E-state index in [4.69, 9.17) is 5.11 Å². The van der Waals surface area contributed by atoms with Gasteiger partial charge in [-0.15, -0.1) is 0 Å². The van der Waals surface area contributed by atoms with Gasteiger partial charge in [0, 0.05) is 19.2 Å². The second kappa shape index (κ2) is 12.1. The predicted molar refractivity (Wildman–Crippen MR) is 127 cm³/mol. The molecule has 1 heterocycles. The fourth-order valence-electron chi connectivity index (χ4n) is 3.84. The van der Waals surface area contributed by atoms with Crippen molar-refractivity contribution >= 4 is 6.03 Å². The zero-order chi connectivity index (χ0) is 23.6. The third kappa shape index (κ3) is 7.12. The van der Waals surface area contributed by atoms with Gasteiger partial charge >= 0.3 is 6.03 Å². The van der Waals surface area contributed by atoms with E-state index in [2.05, 4.69) is 5.32 Å². The van der Waals surface area contributed by atoms with Gasteiger partial charge in [-0.25, -0.2) is 13.6 Å². The van der Waals surface area contributed by atoms with Crippen molar-refractivity contribution in [1.29, 1.82) is 0 Å². The first-order valence-electron chi connectivity index (χ1n) is 11.2. The molecule has 1 saturated heterocycles. The molecule has 6 heteroatoms. The molecule has 0 saturated carbocycles. The van der Waals surface area contributed by atoms with Crippen LogP contribution in [0.2, 0.25) is 0 Å². The summed E-state index contributed by atoms with van der Waals surface area (Å²) >= 11 is 0. The number of nitrogens with zero attached hydrogens (tertiary/aromatic N) is 1. The number of amides is 2. The van der Waals surface area contributed by atoms with Crippen molar-refractivity contribution < 1.29 is 18.7 Å². The van der Waals surface area contributed by atoms with Crippen molar-refractivity contribution in [2.45, 2.75) is 38.3 Å². The third-order valence-corrected chi connectivity index (χ3v) is 5.79. The third-order valence-electron chi connectivity index (χ3n) is 5.79. The lowest BCUT2D eigenvalue weighted by atomic mass is 9.99. The molecule has 1 aliphatic heterocycles. The summed E-state index contributed by atoms with van der Waals surface area (Å²) in [6.07, 6.45) is 2.42. The van der Waals surface area contributed by atoms with E-state index in [1.807, 2.05) is 36.1 Å². The summed E-state index contributed by atoms with van der Waals surface area (Å²) in [5, 5.41) is 12.0. The van der Waals surface area contributed by atoms with Gasteiger partial charge in [-0.1, -0.05) is 54.6 Å². The second-order valence-electron chi connectivity index (χ2n) is 8.09. The van der Waals surface area contributed by atoms with E-state index in [-0.39, 0.29) is 36.4 Å². The first-order chi connectivity index (χ1) is 16.0. The molecule has 2 amide bonds. The molecule has 0 aromatic heterocycles. The molecule has 1 aliphatic rings. The number of aliphatic hydroxyl groups excluding tert-OH is 1. The van der Waals surface area contributed by atoms with Crippen LogP contribution in [0.25, 0.3) is 11.1 Å². The van der Waals surface area contributed by atoms with Crippen LogP contribution in [0.1, 0.15) is 37.8 Å². The number of halogens is 2. The SMILES string of the molecule is CC(c1ccc(-c2ccc(F)cc2)cc1)N1CCC(CCCO)NC1=O.Fc1ccccc1. The Balaban J connectivity index is 0.000000374. The highest BCUT2D eigenvalue weighted by atomic mass is 19.1. The maximum absolute atomic E-state index is 13.1. The van der Waals surface area contributed by atoms with E-state index in [0.29, 0.717) is 13.0 Å². The summed E-state index contributed by atoms with van der Waals surface area (Å²) in [7, 11) is 0. The monoisotopic (exact) mass is 452 g/mol. The average Bonchev–Trinajstić information content (AvgIpc) is 2.84. The standard InChI is InChI=1S/C21H25FN2O2.C6H5F/c1-15(24-13-12-20(3-2-14-25)23-21(24)26)16-4-6-17(7-5-16)18-8-10-19(22)11-9-18;7-6-4-2-1-3-5-6/h4-11,15,20,25H,2-3,12-14H2,1H3,(H,23,26);1-5H. The Morgan fingerprint density at radius 2 is 1.52 bits per heavy atom. The Hall–Kier alpha value is -3.25. The van der Waals surface area contributed by atoms with Crippen molar-refractivity contribution in [3.05, 3.63) is 96.1 Å². The summed E-state index contributed by atoms with van der Waals surface area (Å²) in [6, 6.07) is 22.5. The van der Waals surface area contributed by atoms with Crippen LogP contribution >= 0.6 is 0 Å². The Labute approximate surface area is 193 Å². The Morgan fingerprint density at radius 1 is 0.939 bits per heavy atom. The number of hydrogen-bond donors (Lipinski definition) is 2. The number of carbonyl (C=O) groups is 1. The summed E-state index contributed by atoms with van der Waals surface area (Å²) in [5.41, 5.74) is 3.06. The molecular weight excluding hydrogens is 422 g/mol. The minimum atomic E-state index is -0.243. The fraction of sp³-hybridized carbons (Fsp3) is 0.296. The van der Waals surface area contributed by atoms with Gasteiger partial charge in [0.2, 0.25) is 0 Å². The van der Waals surface area contributed by atoms with Crippen LogP contribution in [0.3, 0.4) is 0 Å². The smallest absolute Gasteiger partial charge is 0.318 e. The first kappa shape index (κ1) is 24.4. The molecule has 4 rings (SSSR count). The second-order valence-corrected chi connectivity index (χ2v) is 8.09. The molecule has 4 nitrogen and oxygen atoms in total. The van der Waals surface area contributed by atoms with Gasteiger partial charge < -0.3 is 15.3 Å². The molecule has 0 radical (unpaired) electrons. The molecule has 174 valence electrons. The van der Waals surface area contributed by atoms with Gasteiger partial charge in [-0.05, 0) is 67.1 Å². The molecule has 2 unspecified atom stereocenters.